The topological polar surface area (TPSA) is 48.2 Å². The predicted octanol–water partition coefficient (Wildman–Crippen LogP) is 3.22. The zero-order valence-electron chi connectivity index (χ0n) is 10.6. The van der Waals surface area contributed by atoms with Crippen molar-refractivity contribution in [2.24, 2.45) is 0 Å². The predicted molar refractivity (Wildman–Crippen MR) is 63.9 cm³/mol. The fourth-order valence-electron chi connectivity index (χ4n) is 1.59. The first kappa shape index (κ1) is 12.5. The van der Waals surface area contributed by atoms with Gasteiger partial charge in [-0.3, -0.25) is 0 Å². The number of hydrogen-bond donors (Lipinski definition) is 0. The van der Waals surface area contributed by atoms with Crippen LogP contribution in [0, 0.1) is 12.7 Å². The summed E-state index contributed by atoms with van der Waals surface area (Å²) in [5.41, 5.74) is 0.634. The fourth-order valence-corrected chi connectivity index (χ4v) is 1.59. The highest BCUT2D eigenvalue weighted by atomic mass is 19.1. The molecule has 0 atom stereocenters. The normalized spacial score (nSPS) is 10.9. The van der Waals surface area contributed by atoms with Crippen LogP contribution in [-0.4, -0.2) is 10.2 Å². The van der Waals surface area contributed by atoms with E-state index in [1.807, 2.05) is 13.8 Å². The molecule has 1 heterocycles. The molecule has 2 aromatic rings. The summed E-state index contributed by atoms with van der Waals surface area (Å²) in [7, 11) is 0. The van der Waals surface area contributed by atoms with Crippen LogP contribution in [0.1, 0.15) is 37.1 Å². The van der Waals surface area contributed by atoms with Crippen LogP contribution in [0.15, 0.2) is 22.6 Å². The first-order valence-electron chi connectivity index (χ1n) is 5.77. The molecule has 0 aliphatic heterocycles. The molecule has 5 heteroatoms. The number of benzene rings is 1. The summed E-state index contributed by atoms with van der Waals surface area (Å²) >= 11 is 0. The zero-order chi connectivity index (χ0) is 13.1. The molecule has 18 heavy (non-hydrogen) atoms. The molecular weight excluding hydrogens is 235 g/mol. The molecule has 0 spiro atoms. The first-order chi connectivity index (χ1) is 8.56. The number of aromatic nitrogens is 2. The molecule has 4 nitrogen and oxygen atoms in total. The number of aryl methyl sites for hydroxylation is 1. The number of halogens is 1. The molecule has 1 aromatic carbocycles. The standard InChI is InChI=1S/C13H15FN2O2/c1-8(2)11-6-10(4-5-12(11)14)17-7-13-16-15-9(3)18-13/h4-6,8H,7H2,1-3H3. The molecule has 0 aliphatic carbocycles. The summed E-state index contributed by atoms with van der Waals surface area (Å²) in [6.07, 6.45) is 0. The van der Waals surface area contributed by atoms with E-state index in [4.69, 9.17) is 9.15 Å². The van der Waals surface area contributed by atoms with Crippen molar-refractivity contribution in [1.29, 1.82) is 0 Å². The van der Waals surface area contributed by atoms with Crippen molar-refractivity contribution in [3.63, 3.8) is 0 Å². The van der Waals surface area contributed by atoms with Gasteiger partial charge in [0.2, 0.25) is 5.89 Å². The molecule has 0 saturated heterocycles. The monoisotopic (exact) mass is 250 g/mol. The summed E-state index contributed by atoms with van der Waals surface area (Å²) in [6, 6.07) is 4.69. The van der Waals surface area contributed by atoms with E-state index in [1.54, 1.807) is 19.1 Å². The maximum atomic E-state index is 13.5. The molecule has 0 aliphatic rings. The summed E-state index contributed by atoms with van der Waals surface area (Å²) < 4.78 is 24.2. The largest absolute Gasteiger partial charge is 0.484 e. The minimum absolute atomic E-state index is 0.110. The Balaban J connectivity index is 2.08. The van der Waals surface area contributed by atoms with Gasteiger partial charge in [-0.25, -0.2) is 4.39 Å². The van der Waals surface area contributed by atoms with Gasteiger partial charge in [0, 0.05) is 6.92 Å². The minimum Gasteiger partial charge on any atom is -0.484 e. The molecule has 0 radical (unpaired) electrons. The Kier molecular flexibility index (Phi) is 3.60. The molecule has 2 rings (SSSR count). The number of rotatable bonds is 4. The lowest BCUT2D eigenvalue weighted by atomic mass is 10.0. The molecule has 0 unspecified atom stereocenters. The van der Waals surface area contributed by atoms with Gasteiger partial charge in [-0.1, -0.05) is 13.8 Å². The molecule has 0 fully saturated rings. The van der Waals surface area contributed by atoms with E-state index in [1.165, 1.54) is 6.07 Å². The Morgan fingerprint density at radius 3 is 2.72 bits per heavy atom. The summed E-state index contributed by atoms with van der Waals surface area (Å²) in [4.78, 5) is 0. The van der Waals surface area contributed by atoms with Crippen molar-refractivity contribution >= 4 is 0 Å². The molecule has 0 N–H and O–H groups in total. The molecule has 0 saturated carbocycles. The average molecular weight is 250 g/mol. The smallest absolute Gasteiger partial charge is 0.253 e. The molecule has 0 bridgehead atoms. The van der Waals surface area contributed by atoms with Gasteiger partial charge in [-0.15, -0.1) is 10.2 Å². The van der Waals surface area contributed by atoms with Gasteiger partial charge in [-0.05, 0) is 29.7 Å². The van der Waals surface area contributed by atoms with Crippen LogP contribution < -0.4 is 4.74 Å². The highest BCUT2D eigenvalue weighted by Crippen LogP contribution is 2.24. The Morgan fingerprint density at radius 2 is 2.11 bits per heavy atom. The second-order valence-electron chi connectivity index (χ2n) is 4.34. The maximum absolute atomic E-state index is 13.5. The minimum atomic E-state index is -0.217. The lowest BCUT2D eigenvalue weighted by Gasteiger charge is -2.10. The van der Waals surface area contributed by atoms with Crippen LogP contribution in [0.25, 0.3) is 0 Å². The van der Waals surface area contributed by atoms with Crippen LogP contribution in [-0.2, 0) is 6.61 Å². The van der Waals surface area contributed by atoms with Crippen LogP contribution in [0.3, 0.4) is 0 Å². The summed E-state index contributed by atoms with van der Waals surface area (Å²) in [6.45, 7) is 5.77. The number of nitrogens with zero attached hydrogens (tertiary/aromatic N) is 2. The Morgan fingerprint density at radius 1 is 1.33 bits per heavy atom. The second-order valence-corrected chi connectivity index (χ2v) is 4.34. The third-order valence-electron chi connectivity index (χ3n) is 2.52. The SMILES string of the molecule is Cc1nnc(COc2ccc(F)c(C(C)C)c2)o1. The maximum Gasteiger partial charge on any atom is 0.253 e. The lowest BCUT2D eigenvalue weighted by Crippen LogP contribution is -1.98. The van der Waals surface area contributed by atoms with Gasteiger partial charge in [0.15, 0.2) is 6.61 Å². The van der Waals surface area contributed by atoms with E-state index in [0.29, 0.717) is 23.1 Å². The Bertz CT molecular complexity index is 538. The van der Waals surface area contributed by atoms with Crippen molar-refractivity contribution in [3.8, 4) is 5.75 Å². The van der Waals surface area contributed by atoms with Crippen LogP contribution >= 0.6 is 0 Å². The van der Waals surface area contributed by atoms with Crippen molar-refractivity contribution in [1.82, 2.24) is 10.2 Å². The summed E-state index contributed by atoms with van der Waals surface area (Å²) in [5.74, 6) is 1.39. The Hall–Kier alpha value is -1.91. The molecular formula is C13H15FN2O2. The highest BCUT2D eigenvalue weighted by Gasteiger charge is 2.09. The van der Waals surface area contributed by atoms with Gasteiger partial charge < -0.3 is 9.15 Å². The number of ether oxygens (including phenoxy) is 1. The van der Waals surface area contributed by atoms with Crippen molar-refractivity contribution in [2.45, 2.75) is 33.3 Å². The summed E-state index contributed by atoms with van der Waals surface area (Å²) in [5, 5.41) is 7.52. The van der Waals surface area contributed by atoms with E-state index in [2.05, 4.69) is 10.2 Å². The van der Waals surface area contributed by atoms with Crippen molar-refractivity contribution in [2.75, 3.05) is 0 Å². The third-order valence-corrected chi connectivity index (χ3v) is 2.52. The van der Waals surface area contributed by atoms with E-state index >= 15 is 0 Å². The van der Waals surface area contributed by atoms with E-state index in [0.717, 1.165) is 0 Å². The lowest BCUT2D eigenvalue weighted by molar-refractivity contribution is 0.260. The molecule has 0 amide bonds. The van der Waals surface area contributed by atoms with Gasteiger partial charge in [0.05, 0.1) is 0 Å². The second kappa shape index (κ2) is 5.16. The average Bonchev–Trinajstić information content (AvgIpc) is 2.74. The first-order valence-corrected chi connectivity index (χ1v) is 5.77. The highest BCUT2D eigenvalue weighted by molar-refractivity contribution is 5.31. The van der Waals surface area contributed by atoms with Crippen molar-refractivity contribution in [3.05, 3.63) is 41.4 Å². The number of hydrogen-bond acceptors (Lipinski definition) is 4. The van der Waals surface area contributed by atoms with Gasteiger partial charge in [-0.2, -0.15) is 0 Å². The fraction of sp³-hybridized carbons (Fsp3) is 0.385. The quantitative estimate of drug-likeness (QED) is 0.835. The van der Waals surface area contributed by atoms with Crippen LogP contribution in [0.2, 0.25) is 0 Å². The van der Waals surface area contributed by atoms with E-state index in [-0.39, 0.29) is 18.3 Å². The van der Waals surface area contributed by atoms with E-state index < -0.39 is 0 Å². The third kappa shape index (κ3) is 2.85. The van der Waals surface area contributed by atoms with Crippen LogP contribution in [0.5, 0.6) is 5.75 Å². The van der Waals surface area contributed by atoms with Gasteiger partial charge >= 0.3 is 0 Å². The Labute approximate surface area is 105 Å². The van der Waals surface area contributed by atoms with Crippen LogP contribution in [0.4, 0.5) is 4.39 Å². The van der Waals surface area contributed by atoms with Crippen molar-refractivity contribution < 1.29 is 13.5 Å². The van der Waals surface area contributed by atoms with Gasteiger partial charge in [0.1, 0.15) is 11.6 Å². The van der Waals surface area contributed by atoms with E-state index in [9.17, 15) is 4.39 Å². The molecule has 1 aromatic heterocycles. The van der Waals surface area contributed by atoms with Gasteiger partial charge in [0.25, 0.3) is 5.89 Å². The molecule has 96 valence electrons. The zero-order valence-corrected chi connectivity index (χ0v) is 10.6.